The van der Waals surface area contributed by atoms with Crippen LogP contribution in [0.15, 0.2) is 12.3 Å². The first-order chi connectivity index (χ1) is 21.5. The fourth-order valence-corrected chi connectivity index (χ4v) is 7.51. The van der Waals surface area contributed by atoms with Crippen LogP contribution in [0.25, 0.3) is 6.20 Å². The lowest BCUT2D eigenvalue weighted by Crippen LogP contribution is -2.61. The van der Waals surface area contributed by atoms with E-state index in [1.165, 1.54) is 0 Å². The van der Waals surface area contributed by atoms with Crippen molar-refractivity contribution in [2.45, 2.75) is 97.8 Å². The molecule has 3 amide bonds. The SMILES string of the molecule is CC(C)COc1c(C(=O)NC2C3CC4CC2CC(O)(C4)C3)cnn1/C=C/C(C)(C)COC(=O)N1CCN(C(=O)OC(C)(C)C)CC1. The Bertz CT molecular complexity index is 1290. The van der Waals surface area contributed by atoms with Gasteiger partial charge < -0.3 is 34.4 Å². The topological polar surface area (TPSA) is 135 Å². The Balaban J connectivity index is 1.18. The van der Waals surface area contributed by atoms with Gasteiger partial charge in [-0.3, -0.25) is 4.79 Å². The van der Waals surface area contributed by atoms with Gasteiger partial charge >= 0.3 is 12.2 Å². The highest BCUT2D eigenvalue weighted by molar-refractivity contribution is 5.96. The first-order valence-corrected chi connectivity index (χ1v) is 16.8. The standard InChI is InChI=1S/C34H53N5O7/c1-22(2)20-44-29-26(28(40)36-27-24-14-23-15-25(27)18-34(43,16-23)17-24)19-35-39(29)9-8-33(6,7)21-45-30(41)37-10-12-38(13-11-37)31(42)46-32(3,4)5/h8-9,19,22-25,27,43H,10-18,20-21H2,1-7H3,(H,36,40)/b9-8+. The second-order valence-corrected chi connectivity index (χ2v) is 16.0. The minimum atomic E-state index is -0.572. The minimum Gasteiger partial charge on any atom is -0.477 e. The van der Waals surface area contributed by atoms with E-state index in [-0.39, 0.29) is 30.6 Å². The first kappa shape index (κ1) is 34.1. The van der Waals surface area contributed by atoms with Crippen LogP contribution < -0.4 is 10.1 Å². The molecule has 46 heavy (non-hydrogen) atoms. The predicted octanol–water partition coefficient (Wildman–Crippen LogP) is 4.77. The molecular formula is C34H53N5O7. The smallest absolute Gasteiger partial charge is 0.410 e. The highest BCUT2D eigenvalue weighted by Crippen LogP contribution is 2.55. The molecule has 1 saturated heterocycles. The van der Waals surface area contributed by atoms with Crippen LogP contribution in [0, 0.1) is 29.1 Å². The van der Waals surface area contributed by atoms with Crippen LogP contribution in [0.4, 0.5) is 9.59 Å². The van der Waals surface area contributed by atoms with Gasteiger partial charge in [0.1, 0.15) is 17.8 Å². The molecule has 12 nitrogen and oxygen atoms in total. The Morgan fingerprint density at radius 1 is 1.02 bits per heavy atom. The zero-order valence-electron chi connectivity index (χ0n) is 28.6. The molecule has 0 spiro atoms. The van der Waals surface area contributed by atoms with Crippen molar-refractivity contribution in [1.29, 1.82) is 0 Å². The van der Waals surface area contributed by atoms with Crippen molar-refractivity contribution in [1.82, 2.24) is 24.9 Å². The maximum absolute atomic E-state index is 13.6. The van der Waals surface area contributed by atoms with Gasteiger partial charge in [-0.05, 0) is 76.5 Å². The number of aromatic nitrogens is 2. The van der Waals surface area contributed by atoms with E-state index < -0.39 is 22.7 Å². The average molecular weight is 644 g/mol. The van der Waals surface area contributed by atoms with Crippen LogP contribution in [-0.2, 0) is 9.47 Å². The number of amides is 3. The Morgan fingerprint density at radius 2 is 1.63 bits per heavy atom. The first-order valence-electron chi connectivity index (χ1n) is 16.8. The summed E-state index contributed by atoms with van der Waals surface area (Å²) in [6, 6.07) is 0.0510. The number of hydrogen-bond donors (Lipinski definition) is 2. The molecule has 5 fully saturated rings. The number of nitrogens with one attached hydrogen (secondary N) is 1. The molecule has 1 aliphatic heterocycles. The molecule has 6 rings (SSSR count). The third-order valence-corrected chi connectivity index (χ3v) is 9.51. The van der Waals surface area contributed by atoms with Gasteiger partial charge in [-0.25, -0.2) is 14.3 Å². The van der Waals surface area contributed by atoms with E-state index in [4.69, 9.17) is 14.2 Å². The highest BCUT2D eigenvalue weighted by atomic mass is 16.6. The van der Waals surface area contributed by atoms with Crippen LogP contribution in [0.1, 0.15) is 90.9 Å². The molecule has 1 aromatic rings. The zero-order valence-corrected chi connectivity index (χ0v) is 28.6. The summed E-state index contributed by atoms with van der Waals surface area (Å²) in [6.07, 6.45) is 8.90. The van der Waals surface area contributed by atoms with E-state index >= 15 is 0 Å². The molecule has 1 aromatic heterocycles. The Labute approximate surface area is 272 Å². The van der Waals surface area contributed by atoms with Crippen LogP contribution in [-0.4, -0.2) is 99.4 Å². The molecule has 256 valence electrons. The Hall–Kier alpha value is -3.28. The van der Waals surface area contributed by atoms with Gasteiger partial charge in [-0.15, -0.1) is 0 Å². The van der Waals surface area contributed by atoms with Crippen LogP contribution >= 0.6 is 0 Å². The molecule has 2 unspecified atom stereocenters. The number of hydrogen-bond acceptors (Lipinski definition) is 8. The summed E-state index contributed by atoms with van der Waals surface area (Å²) < 4.78 is 18.8. The lowest BCUT2D eigenvalue weighted by Gasteiger charge is -2.58. The second kappa shape index (κ2) is 13.1. The highest BCUT2D eigenvalue weighted by Gasteiger charge is 2.55. The van der Waals surface area contributed by atoms with E-state index in [0.29, 0.717) is 62.0 Å². The third kappa shape index (κ3) is 8.16. The summed E-state index contributed by atoms with van der Waals surface area (Å²) in [5.41, 5.74) is -1.29. The fraction of sp³-hybridized carbons (Fsp3) is 0.765. The number of rotatable bonds is 9. The van der Waals surface area contributed by atoms with Crippen molar-refractivity contribution in [2.75, 3.05) is 39.4 Å². The lowest BCUT2D eigenvalue weighted by molar-refractivity contribution is -0.136. The maximum atomic E-state index is 13.6. The van der Waals surface area contributed by atoms with E-state index in [2.05, 4.69) is 10.4 Å². The number of aliphatic hydroxyl groups is 1. The van der Waals surface area contributed by atoms with E-state index in [9.17, 15) is 19.5 Å². The summed E-state index contributed by atoms with van der Waals surface area (Å²) in [5, 5.41) is 18.7. The third-order valence-electron chi connectivity index (χ3n) is 9.51. The fourth-order valence-electron chi connectivity index (χ4n) is 7.51. The van der Waals surface area contributed by atoms with Crippen LogP contribution in [0.3, 0.4) is 0 Å². The summed E-state index contributed by atoms with van der Waals surface area (Å²) in [7, 11) is 0. The van der Waals surface area contributed by atoms with Crippen LogP contribution in [0.5, 0.6) is 5.88 Å². The van der Waals surface area contributed by atoms with E-state index in [1.54, 1.807) is 26.9 Å². The van der Waals surface area contributed by atoms with Gasteiger partial charge in [-0.1, -0.05) is 33.8 Å². The number of nitrogens with zero attached hydrogens (tertiary/aromatic N) is 4. The van der Waals surface area contributed by atoms with Gasteiger partial charge in [0, 0.05) is 43.8 Å². The molecule has 0 radical (unpaired) electrons. The molecule has 2 N–H and O–H groups in total. The van der Waals surface area contributed by atoms with Crippen molar-refractivity contribution in [3.8, 4) is 5.88 Å². The van der Waals surface area contributed by atoms with Crippen molar-refractivity contribution in [3.63, 3.8) is 0 Å². The minimum absolute atomic E-state index is 0.0510. The van der Waals surface area contributed by atoms with Gasteiger partial charge in [-0.2, -0.15) is 5.10 Å². The van der Waals surface area contributed by atoms with Crippen molar-refractivity contribution < 1.29 is 33.7 Å². The molecule has 4 aliphatic carbocycles. The Morgan fingerprint density at radius 3 is 2.20 bits per heavy atom. The molecule has 4 bridgehead atoms. The molecule has 0 aromatic carbocycles. The Kier molecular flexibility index (Phi) is 9.69. The van der Waals surface area contributed by atoms with Crippen molar-refractivity contribution in [2.24, 2.45) is 29.1 Å². The number of ether oxygens (including phenoxy) is 3. The van der Waals surface area contributed by atoms with E-state index in [1.807, 2.05) is 54.5 Å². The summed E-state index contributed by atoms with van der Waals surface area (Å²) in [4.78, 5) is 42.0. The summed E-state index contributed by atoms with van der Waals surface area (Å²) in [5.74, 6) is 1.57. The maximum Gasteiger partial charge on any atom is 0.410 e. The quantitative estimate of drug-likeness (QED) is 0.393. The van der Waals surface area contributed by atoms with Crippen molar-refractivity contribution >= 4 is 24.3 Å². The largest absolute Gasteiger partial charge is 0.477 e. The number of carbonyl (C=O) groups is 3. The summed E-state index contributed by atoms with van der Waals surface area (Å²) in [6.45, 7) is 15.5. The second-order valence-electron chi connectivity index (χ2n) is 16.0. The van der Waals surface area contributed by atoms with Crippen molar-refractivity contribution in [3.05, 3.63) is 17.8 Å². The number of piperazine rings is 1. The monoisotopic (exact) mass is 643 g/mol. The molecule has 2 atom stereocenters. The lowest BCUT2D eigenvalue weighted by atomic mass is 9.52. The molecule has 4 saturated carbocycles. The predicted molar refractivity (Wildman–Crippen MR) is 172 cm³/mol. The van der Waals surface area contributed by atoms with Gasteiger partial charge in [0.15, 0.2) is 0 Å². The van der Waals surface area contributed by atoms with Crippen LogP contribution in [0.2, 0.25) is 0 Å². The molecule has 2 heterocycles. The van der Waals surface area contributed by atoms with Gasteiger partial charge in [0.2, 0.25) is 5.88 Å². The molecular weight excluding hydrogens is 590 g/mol. The van der Waals surface area contributed by atoms with E-state index in [0.717, 1.165) is 32.1 Å². The van der Waals surface area contributed by atoms with Gasteiger partial charge in [0.25, 0.3) is 5.91 Å². The summed E-state index contributed by atoms with van der Waals surface area (Å²) >= 11 is 0. The normalized spacial score (nSPS) is 27.8. The molecule has 12 heteroatoms. The molecule has 5 aliphatic rings. The average Bonchev–Trinajstić information content (AvgIpc) is 3.37. The van der Waals surface area contributed by atoms with Gasteiger partial charge in [0.05, 0.1) is 18.4 Å². The zero-order chi connectivity index (χ0) is 33.4. The number of carbonyl (C=O) groups excluding carboxylic acids is 3.